The summed E-state index contributed by atoms with van der Waals surface area (Å²) in [4.78, 5) is 44.6. The quantitative estimate of drug-likeness (QED) is 0.392. The van der Waals surface area contributed by atoms with E-state index in [0.717, 1.165) is 16.8 Å². The second kappa shape index (κ2) is 4.92. The smallest absolute Gasteiger partial charge is 0.333 e. The Bertz CT molecular complexity index is 546. The third kappa shape index (κ3) is 3.44. The minimum Gasteiger partial charge on any atom is -0.480 e. The van der Waals surface area contributed by atoms with E-state index in [0.29, 0.717) is 0 Å². The average Bonchev–Trinajstić information content (AvgIpc) is 2.19. The number of carbonyl (C=O) groups is 1. The van der Waals surface area contributed by atoms with Crippen molar-refractivity contribution in [3.05, 3.63) is 43.2 Å². The fourth-order valence-electron chi connectivity index (χ4n) is 1.09. The maximum absolute atomic E-state index is 11.2. The number of nitrogens with zero attached hydrogens (tertiary/aromatic N) is 2. The van der Waals surface area contributed by atoms with Crippen LogP contribution in [0, 0.1) is 10.1 Å². The van der Waals surface area contributed by atoms with Crippen LogP contribution in [0.15, 0.2) is 21.9 Å². The predicted molar refractivity (Wildman–Crippen MR) is 52.9 cm³/mol. The molecule has 0 aromatic carbocycles. The van der Waals surface area contributed by atoms with Gasteiger partial charge in [-0.1, -0.05) is 0 Å². The largest absolute Gasteiger partial charge is 0.480 e. The molecule has 0 amide bonds. The minimum absolute atomic E-state index is 0.480. The van der Waals surface area contributed by atoms with Gasteiger partial charge in [0.15, 0.2) is 5.03 Å². The highest BCUT2D eigenvalue weighted by molar-refractivity contribution is 5.73. The second-order valence-electron chi connectivity index (χ2n) is 3.04. The van der Waals surface area contributed by atoms with Gasteiger partial charge in [0.25, 0.3) is 5.56 Å². The maximum Gasteiger partial charge on any atom is 0.333 e. The summed E-state index contributed by atoms with van der Waals surface area (Å²) in [7, 11) is 0. The first kappa shape index (κ1) is 12.4. The predicted octanol–water partition coefficient (Wildman–Crippen LogP) is -2.23. The van der Waals surface area contributed by atoms with Gasteiger partial charge >= 0.3 is 11.7 Å². The first-order valence-corrected chi connectivity index (χ1v) is 4.33. The number of aliphatic carboxylic acids is 1. The zero-order valence-corrected chi connectivity index (χ0v) is 8.32. The molecule has 0 aliphatic carbocycles. The van der Waals surface area contributed by atoms with E-state index in [9.17, 15) is 24.5 Å². The van der Waals surface area contributed by atoms with Crippen molar-refractivity contribution in [2.45, 2.75) is 12.6 Å². The molecule has 10 heteroatoms. The molecule has 10 nitrogen and oxygen atoms in total. The number of nitrogens with one attached hydrogen (secondary N) is 2. The molecule has 0 fully saturated rings. The SMILES string of the molecule is O=C(O)[C@H](Cn1ccc(=O)[nH]c1=O)N[N+](=O)[O-]. The lowest BCUT2D eigenvalue weighted by Crippen LogP contribution is -2.45. The van der Waals surface area contributed by atoms with Crippen LogP contribution in [0.3, 0.4) is 0 Å². The van der Waals surface area contributed by atoms with E-state index in [2.05, 4.69) is 0 Å². The van der Waals surface area contributed by atoms with Gasteiger partial charge in [0.1, 0.15) is 0 Å². The van der Waals surface area contributed by atoms with Crippen molar-refractivity contribution in [3.63, 3.8) is 0 Å². The third-order valence-corrected chi connectivity index (χ3v) is 1.84. The first-order valence-electron chi connectivity index (χ1n) is 4.33. The molecule has 0 saturated carbocycles. The molecule has 1 heterocycles. The number of aromatic amines is 1. The molecule has 0 radical (unpaired) electrons. The monoisotopic (exact) mass is 244 g/mol. The van der Waals surface area contributed by atoms with E-state index in [4.69, 9.17) is 5.11 Å². The summed E-state index contributed by atoms with van der Waals surface area (Å²) in [5, 5.41) is 17.8. The van der Waals surface area contributed by atoms with Gasteiger partial charge in [-0.05, 0) is 0 Å². The van der Waals surface area contributed by atoms with E-state index in [1.807, 2.05) is 4.98 Å². The Morgan fingerprint density at radius 2 is 2.29 bits per heavy atom. The Hall–Kier alpha value is -2.65. The molecule has 0 aliphatic heterocycles. The van der Waals surface area contributed by atoms with Gasteiger partial charge in [0.05, 0.1) is 6.54 Å². The van der Waals surface area contributed by atoms with E-state index >= 15 is 0 Å². The first-order chi connectivity index (χ1) is 7.90. The molecule has 1 atom stereocenters. The number of hydrogen-bond acceptors (Lipinski definition) is 5. The number of carboxylic acid groups (broad SMARTS) is 1. The van der Waals surface area contributed by atoms with Crippen LogP contribution >= 0.6 is 0 Å². The van der Waals surface area contributed by atoms with Crippen LogP contribution in [0.2, 0.25) is 0 Å². The lowest BCUT2D eigenvalue weighted by atomic mass is 10.3. The van der Waals surface area contributed by atoms with Crippen LogP contribution < -0.4 is 16.7 Å². The average molecular weight is 244 g/mol. The molecule has 3 N–H and O–H groups in total. The molecule has 17 heavy (non-hydrogen) atoms. The summed E-state index contributed by atoms with van der Waals surface area (Å²) >= 11 is 0. The van der Waals surface area contributed by atoms with Gasteiger partial charge in [-0.15, -0.1) is 5.43 Å². The maximum atomic E-state index is 11.2. The Morgan fingerprint density at radius 1 is 1.65 bits per heavy atom. The molecule has 0 unspecified atom stereocenters. The Kier molecular flexibility index (Phi) is 3.59. The van der Waals surface area contributed by atoms with Gasteiger partial charge in [-0.3, -0.25) is 14.3 Å². The molecule has 1 rings (SSSR count). The lowest BCUT2D eigenvalue weighted by Gasteiger charge is -2.10. The highest BCUT2D eigenvalue weighted by Gasteiger charge is 2.23. The molecule has 1 aromatic heterocycles. The summed E-state index contributed by atoms with van der Waals surface area (Å²) in [5.41, 5.74) is 0.0630. The Morgan fingerprint density at radius 3 is 2.76 bits per heavy atom. The molecule has 92 valence electrons. The number of aromatic nitrogens is 2. The van der Waals surface area contributed by atoms with Crippen LogP contribution in [-0.2, 0) is 11.3 Å². The molecule has 0 spiro atoms. The topological polar surface area (TPSA) is 147 Å². The van der Waals surface area contributed by atoms with Crippen LogP contribution in [-0.4, -0.2) is 31.7 Å². The van der Waals surface area contributed by atoms with Crippen molar-refractivity contribution >= 4 is 5.97 Å². The number of nitro groups is 1. The second-order valence-corrected chi connectivity index (χ2v) is 3.04. The Balaban J connectivity index is 2.93. The zero-order valence-electron chi connectivity index (χ0n) is 8.32. The molecule has 0 aliphatic rings. The highest BCUT2D eigenvalue weighted by Crippen LogP contribution is 1.89. The van der Waals surface area contributed by atoms with Crippen LogP contribution in [0.25, 0.3) is 0 Å². The van der Waals surface area contributed by atoms with Gasteiger partial charge < -0.3 is 5.11 Å². The van der Waals surface area contributed by atoms with E-state index < -0.39 is 34.8 Å². The minimum atomic E-state index is -1.58. The fraction of sp³-hybridized carbons (Fsp3) is 0.286. The van der Waals surface area contributed by atoms with Crippen molar-refractivity contribution in [2.75, 3.05) is 0 Å². The summed E-state index contributed by atoms with van der Waals surface area (Å²) in [6.45, 7) is -0.480. The van der Waals surface area contributed by atoms with E-state index in [1.165, 1.54) is 0 Å². The van der Waals surface area contributed by atoms with Gasteiger partial charge in [0, 0.05) is 12.3 Å². The molecular formula is C7H8N4O6. The zero-order chi connectivity index (χ0) is 13.0. The number of H-pyrrole nitrogens is 1. The van der Waals surface area contributed by atoms with Crippen LogP contribution in [0.5, 0.6) is 0 Å². The number of rotatable bonds is 5. The molecule has 0 saturated heterocycles. The van der Waals surface area contributed by atoms with E-state index in [1.54, 1.807) is 5.43 Å². The van der Waals surface area contributed by atoms with Crippen molar-refractivity contribution in [2.24, 2.45) is 0 Å². The number of hydrogen-bond donors (Lipinski definition) is 3. The molecule has 1 aromatic rings. The lowest BCUT2D eigenvalue weighted by molar-refractivity contribution is -0.549. The van der Waals surface area contributed by atoms with Crippen molar-refractivity contribution in [1.82, 2.24) is 15.0 Å². The van der Waals surface area contributed by atoms with Gasteiger partial charge in [0.2, 0.25) is 6.04 Å². The van der Waals surface area contributed by atoms with Gasteiger partial charge in [-0.25, -0.2) is 19.7 Å². The number of hydrazine groups is 1. The fourth-order valence-corrected chi connectivity index (χ4v) is 1.09. The van der Waals surface area contributed by atoms with Crippen molar-refractivity contribution in [3.8, 4) is 0 Å². The normalized spacial score (nSPS) is 11.8. The summed E-state index contributed by atoms with van der Waals surface area (Å²) < 4.78 is 0.844. The van der Waals surface area contributed by atoms with Crippen LogP contribution in [0.4, 0.5) is 0 Å². The van der Waals surface area contributed by atoms with Crippen molar-refractivity contribution < 1.29 is 14.9 Å². The molecule has 0 bridgehead atoms. The van der Waals surface area contributed by atoms with E-state index in [-0.39, 0.29) is 0 Å². The summed E-state index contributed by atoms with van der Waals surface area (Å²) in [6, 6.07) is -0.569. The standard InChI is InChI=1S/C7H8N4O6/c12-5-1-2-10(7(15)8-5)3-4(6(13)14)9-11(16)17/h1-2,4,9H,3H2,(H,13,14)(H,8,12,15)/t4-/m0/s1. The van der Waals surface area contributed by atoms with Gasteiger partial charge in [-0.2, -0.15) is 0 Å². The highest BCUT2D eigenvalue weighted by atomic mass is 16.7. The van der Waals surface area contributed by atoms with Crippen LogP contribution in [0.1, 0.15) is 0 Å². The van der Waals surface area contributed by atoms with Crippen molar-refractivity contribution in [1.29, 1.82) is 0 Å². The molecular weight excluding hydrogens is 236 g/mol. The summed E-state index contributed by atoms with van der Waals surface area (Å²) in [6.07, 6.45) is 1.05. The third-order valence-electron chi connectivity index (χ3n) is 1.84. The summed E-state index contributed by atoms with van der Waals surface area (Å²) in [5.74, 6) is -1.49. The Labute approximate surface area is 92.6 Å². The number of carboxylic acids is 1.